The van der Waals surface area contributed by atoms with E-state index in [0.29, 0.717) is 16.3 Å². The molecule has 1 unspecified atom stereocenters. The molecule has 3 rings (SSSR count). The number of carbonyl (C=O) groups is 2. The molecule has 2 heterocycles. The average molecular weight is 278 g/mol. The summed E-state index contributed by atoms with van der Waals surface area (Å²) in [5, 5.41) is 6.90. The van der Waals surface area contributed by atoms with Gasteiger partial charge in [-0.2, -0.15) is 11.3 Å². The SMILES string of the molecule is O=C1Nc2cc(Cl)ccc2C(=O)C1c1ccsc1. The third-order valence-corrected chi connectivity index (χ3v) is 3.84. The number of halogens is 1. The Morgan fingerprint density at radius 2 is 2.06 bits per heavy atom. The maximum atomic E-state index is 12.3. The standard InChI is InChI=1S/C13H8ClNO2S/c14-8-1-2-9-10(5-8)15-13(17)11(12(9)16)7-3-4-18-6-7/h1-6,11H,(H,15,17). The molecule has 1 atom stereocenters. The van der Waals surface area contributed by atoms with Crippen LogP contribution in [0.15, 0.2) is 35.0 Å². The molecule has 1 N–H and O–H groups in total. The highest BCUT2D eigenvalue weighted by Crippen LogP contribution is 2.33. The smallest absolute Gasteiger partial charge is 0.239 e. The minimum atomic E-state index is -0.745. The van der Waals surface area contributed by atoms with Crippen molar-refractivity contribution in [1.82, 2.24) is 0 Å². The molecule has 1 aromatic carbocycles. The fourth-order valence-electron chi connectivity index (χ4n) is 2.06. The van der Waals surface area contributed by atoms with Crippen LogP contribution < -0.4 is 5.32 Å². The van der Waals surface area contributed by atoms with Crippen molar-refractivity contribution < 1.29 is 9.59 Å². The van der Waals surface area contributed by atoms with Crippen LogP contribution in [0.1, 0.15) is 21.8 Å². The highest BCUT2D eigenvalue weighted by Gasteiger charge is 2.35. The summed E-state index contributed by atoms with van der Waals surface area (Å²) in [6.45, 7) is 0. The lowest BCUT2D eigenvalue weighted by Crippen LogP contribution is -2.33. The first-order chi connectivity index (χ1) is 8.66. The van der Waals surface area contributed by atoms with Crippen molar-refractivity contribution in [3.63, 3.8) is 0 Å². The second-order valence-corrected chi connectivity index (χ2v) is 5.25. The number of rotatable bonds is 1. The summed E-state index contributed by atoms with van der Waals surface area (Å²) in [5.74, 6) is -1.22. The number of thiophene rings is 1. The minimum Gasteiger partial charge on any atom is -0.324 e. The van der Waals surface area contributed by atoms with Gasteiger partial charge in [-0.05, 0) is 40.6 Å². The molecular formula is C13H8ClNO2S. The quantitative estimate of drug-likeness (QED) is 0.813. The van der Waals surface area contributed by atoms with Crippen LogP contribution in [0.4, 0.5) is 5.69 Å². The highest BCUT2D eigenvalue weighted by molar-refractivity contribution is 7.08. The summed E-state index contributed by atoms with van der Waals surface area (Å²) < 4.78 is 0. The van der Waals surface area contributed by atoms with Crippen molar-refractivity contribution in [2.45, 2.75) is 5.92 Å². The lowest BCUT2D eigenvalue weighted by molar-refractivity contribution is -0.116. The van der Waals surface area contributed by atoms with Gasteiger partial charge in [-0.15, -0.1) is 0 Å². The van der Waals surface area contributed by atoms with E-state index < -0.39 is 5.92 Å². The topological polar surface area (TPSA) is 46.2 Å². The van der Waals surface area contributed by atoms with Gasteiger partial charge in [0.25, 0.3) is 0 Å². The predicted octanol–water partition coefficient (Wildman–Crippen LogP) is 3.32. The van der Waals surface area contributed by atoms with Gasteiger partial charge in [-0.1, -0.05) is 11.6 Å². The van der Waals surface area contributed by atoms with E-state index in [2.05, 4.69) is 5.32 Å². The Bertz CT molecular complexity index is 636. The number of hydrogen-bond donors (Lipinski definition) is 1. The molecule has 5 heteroatoms. The first-order valence-corrected chi connectivity index (χ1v) is 6.65. The predicted molar refractivity (Wildman–Crippen MR) is 71.5 cm³/mol. The van der Waals surface area contributed by atoms with Gasteiger partial charge in [-0.25, -0.2) is 0 Å². The molecule has 0 fully saturated rings. The van der Waals surface area contributed by atoms with Crippen molar-refractivity contribution in [3.8, 4) is 0 Å². The summed E-state index contributed by atoms with van der Waals surface area (Å²) in [6, 6.07) is 6.70. The molecule has 1 aliphatic rings. The Labute approximate surface area is 112 Å². The highest BCUT2D eigenvalue weighted by atomic mass is 35.5. The van der Waals surface area contributed by atoms with Crippen LogP contribution >= 0.6 is 22.9 Å². The van der Waals surface area contributed by atoms with Crippen molar-refractivity contribution in [2.24, 2.45) is 0 Å². The zero-order chi connectivity index (χ0) is 12.7. The van der Waals surface area contributed by atoms with E-state index in [-0.39, 0.29) is 11.7 Å². The molecule has 18 heavy (non-hydrogen) atoms. The van der Waals surface area contributed by atoms with Crippen LogP contribution in [-0.4, -0.2) is 11.7 Å². The van der Waals surface area contributed by atoms with Gasteiger partial charge in [0.05, 0.1) is 5.69 Å². The number of hydrogen-bond acceptors (Lipinski definition) is 3. The first kappa shape index (κ1) is 11.4. The lowest BCUT2D eigenvalue weighted by atomic mass is 9.88. The lowest BCUT2D eigenvalue weighted by Gasteiger charge is -2.23. The number of ketones is 1. The fourth-order valence-corrected chi connectivity index (χ4v) is 2.91. The summed E-state index contributed by atoms with van der Waals surface area (Å²) in [7, 11) is 0. The zero-order valence-electron chi connectivity index (χ0n) is 9.14. The molecule has 0 saturated heterocycles. The van der Waals surface area contributed by atoms with Crippen LogP contribution in [0.25, 0.3) is 0 Å². The molecule has 0 bridgehead atoms. The van der Waals surface area contributed by atoms with Gasteiger partial charge in [0.1, 0.15) is 5.92 Å². The molecule has 1 amide bonds. The van der Waals surface area contributed by atoms with Gasteiger partial charge < -0.3 is 5.32 Å². The van der Waals surface area contributed by atoms with E-state index >= 15 is 0 Å². The van der Waals surface area contributed by atoms with Crippen LogP contribution in [0.5, 0.6) is 0 Å². The second-order valence-electron chi connectivity index (χ2n) is 4.03. The van der Waals surface area contributed by atoms with E-state index in [4.69, 9.17) is 11.6 Å². The normalized spacial score (nSPS) is 18.4. The molecular weight excluding hydrogens is 270 g/mol. The maximum Gasteiger partial charge on any atom is 0.239 e. The Morgan fingerprint density at radius 3 is 2.78 bits per heavy atom. The third kappa shape index (κ3) is 1.74. The van der Waals surface area contributed by atoms with Crippen molar-refractivity contribution in [1.29, 1.82) is 0 Å². The number of anilines is 1. The van der Waals surface area contributed by atoms with Crippen molar-refractivity contribution >= 4 is 40.3 Å². The van der Waals surface area contributed by atoms with Gasteiger partial charge in [0, 0.05) is 10.6 Å². The monoisotopic (exact) mass is 277 g/mol. The Hall–Kier alpha value is -1.65. The molecule has 1 aliphatic heterocycles. The largest absolute Gasteiger partial charge is 0.324 e. The second kappa shape index (κ2) is 4.23. The molecule has 2 aromatic rings. The Morgan fingerprint density at radius 1 is 1.22 bits per heavy atom. The molecule has 0 radical (unpaired) electrons. The first-order valence-electron chi connectivity index (χ1n) is 5.33. The maximum absolute atomic E-state index is 12.3. The van der Waals surface area contributed by atoms with E-state index in [0.717, 1.165) is 5.56 Å². The van der Waals surface area contributed by atoms with Gasteiger partial charge >= 0.3 is 0 Å². The molecule has 0 aliphatic carbocycles. The van der Waals surface area contributed by atoms with E-state index in [1.54, 1.807) is 24.3 Å². The molecule has 1 aromatic heterocycles. The van der Waals surface area contributed by atoms with Crippen LogP contribution in [0, 0.1) is 0 Å². The number of amides is 1. The average Bonchev–Trinajstić information content (AvgIpc) is 2.82. The zero-order valence-corrected chi connectivity index (χ0v) is 10.7. The summed E-state index contributed by atoms with van der Waals surface area (Å²) >= 11 is 7.31. The van der Waals surface area contributed by atoms with E-state index in [1.165, 1.54) is 11.3 Å². The third-order valence-electron chi connectivity index (χ3n) is 2.91. The van der Waals surface area contributed by atoms with Crippen LogP contribution in [0.3, 0.4) is 0 Å². The minimum absolute atomic E-state index is 0.177. The van der Waals surface area contributed by atoms with Crippen molar-refractivity contribution in [2.75, 3.05) is 5.32 Å². The number of Topliss-reactive ketones (excluding diaryl/α,β-unsaturated/α-hetero) is 1. The number of nitrogens with one attached hydrogen (secondary N) is 1. The van der Waals surface area contributed by atoms with E-state index in [1.807, 2.05) is 10.8 Å². The van der Waals surface area contributed by atoms with Crippen molar-refractivity contribution in [3.05, 3.63) is 51.2 Å². The Kier molecular flexibility index (Phi) is 2.69. The molecule has 0 spiro atoms. The van der Waals surface area contributed by atoms with Crippen LogP contribution in [0.2, 0.25) is 5.02 Å². The number of fused-ring (bicyclic) bond motifs is 1. The molecule has 3 nitrogen and oxygen atoms in total. The molecule has 0 saturated carbocycles. The summed E-state index contributed by atoms with van der Waals surface area (Å²) in [6.07, 6.45) is 0. The molecule has 90 valence electrons. The summed E-state index contributed by atoms with van der Waals surface area (Å²) in [5.41, 5.74) is 1.74. The van der Waals surface area contributed by atoms with Gasteiger partial charge in [-0.3, -0.25) is 9.59 Å². The number of carbonyl (C=O) groups excluding carboxylic acids is 2. The fraction of sp³-hybridized carbons (Fsp3) is 0.0769. The number of benzene rings is 1. The summed E-state index contributed by atoms with van der Waals surface area (Å²) in [4.78, 5) is 24.3. The van der Waals surface area contributed by atoms with Gasteiger partial charge in [0.2, 0.25) is 5.91 Å². The van der Waals surface area contributed by atoms with Crippen LogP contribution in [-0.2, 0) is 4.79 Å². The Balaban J connectivity index is 2.10. The van der Waals surface area contributed by atoms with Gasteiger partial charge in [0.15, 0.2) is 5.78 Å². The van der Waals surface area contributed by atoms with E-state index in [9.17, 15) is 9.59 Å².